The minimum absolute atomic E-state index is 0.188. The molecule has 0 aromatic heterocycles. The molecule has 190 valence electrons. The van der Waals surface area contributed by atoms with Crippen LogP contribution in [0.3, 0.4) is 0 Å². The second kappa shape index (κ2) is 10.6. The number of aliphatic imine (C=N–C) groups is 1. The quantitative estimate of drug-likeness (QED) is 0.559. The van der Waals surface area contributed by atoms with Gasteiger partial charge in [0.05, 0.1) is 29.3 Å². The molecule has 0 bridgehead atoms. The van der Waals surface area contributed by atoms with Crippen LogP contribution in [-0.2, 0) is 19.1 Å². The van der Waals surface area contributed by atoms with Gasteiger partial charge in [0, 0.05) is 18.2 Å². The van der Waals surface area contributed by atoms with Crippen molar-refractivity contribution in [3.05, 3.63) is 65.7 Å². The smallest absolute Gasteiger partial charge is 0.312 e. The summed E-state index contributed by atoms with van der Waals surface area (Å²) >= 11 is 0. The highest BCUT2D eigenvalue weighted by molar-refractivity contribution is 6.20. The minimum atomic E-state index is -1.11. The Labute approximate surface area is 212 Å². The van der Waals surface area contributed by atoms with Gasteiger partial charge in [-0.3, -0.25) is 14.4 Å². The first kappa shape index (κ1) is 25.6. The summed E-state index contributed by atoms with van der Waals surface area (Å²) in [7, 11) is 1.70. The van der Waals surface area contributed by atoms with Gasteiger partial charge in [-0.2, -0.15) is 0 Å². The van der Waals surface area contributed by atoms with Crippen LogP contribution in [0.4, 0.5) is 5.69 Å². The Hall–Kier alpha value is -3.48. The minimum Gasteiger partial charge on any atom is -0.466 e. The Bertz CT molecular complexity index is 1150. The van der Waals surface area contributed by atoms with Crippen LogP contribution >= 0.6 is 0 Å². The molecule has 2 atom stereocenters. The van der Waals surface area contributed by atoms with Crippen LogP contribution in [0.1, 0.15) is 57.6 Å². The highest BCUT2D eigenvalue weighted by atomic mass is 16.5. The van der Waals surface area contributed by atoms with Gasteiger partial charge in [-0.1, -0.05) is 68.8 Å². The maximum Gasteiger partial charge on any atom is 0.312 e. The van der Waals surface area contributed by atoms with Crippen LogP contribution in [0.2, 0.25) is 0 Å². The van der Waals surface area contributed by atoms with Crippen molar-refractivity contribution in [3.8, 4) is 0 Å². The Morgan fingerprint density at radius 3 is 2.39 bits per heavy atom. The number of carbonyl (C=O) groups excluding carboxylic acids is 3. The number of nitrogens with zero attached hydrogens (tertiary/aromatic N) is 2. The summed E-state index contributed by atoms with van der Waals surface area (Å²) in [6, 6.07) is 17.2. The third-order valence-electron chi connectivity index (χ3n) is 7.29. The van der Waals surface area contributed by atoms with E-state index in [1.54, 1.807) is 18.9 Å². The average molecular weight is 490 g/mol. The summed E-state index contributed by atoms with van der Waals surface area (Å²) in [5, 5.41) is 2.92. The van der Waals surface area contributed by atoms with E-state index in [4.69, 9.17) is 9.73 Å². The number of para-hydroxylation sites is 1. The molecule has 7 nitrogen and oxygen atoms in total. The fourth-order valence-corrected chi connectivity index (χ4v) is 5.26. The molecule has 1 heterocycles. The number of anilines is 1. The summed E-state index contributed by atoms with van der Waals surface area (Å²) in [5.74, 6) is -1.38. The first-order valence-electron chi connectivity index (χ1n) is 12.8. The van der Waals surface area contributed by atoms with Crippen molar-refractivity contribution in [1.29, 1.82) is 0 Å². The van der Waals surface area contributed by atoms with Crippen LogP contribution in [0.5, 0.6) is 0 Å². The molecule has 0 saturated heterocycles. The van der Waals surface area contributed by atoms with E-state index in [9.17, 15) is 14.4 Å². The lowest BCUT2D eigenvalue weighted by Crippen LogP contribution is -2.55. The number of carbonyl (C=O) groups is 3. The Balaban J connectivity index is 1.72. The third-order valence-corrected chi connectivity index (χ3v) is 7.29. The maximum absolute atomic E-state index is 13.8. The lowest BCUT2D eigenvalue weighted by molar-refractivity contribution is -0.170. The number of ether oxygens (including phenoxy) is 1. The van der Waals surface area contributed by atoms with Crippen molar-refractivity contribution >= 4 is 29.2 Å². The number of fused-ring (bicyclic) bond motifs is 1. The highest BCUT2D eigenvalue weighted by Gasteiger charge is 2.54. The SMILES string of the molecule is CCOC(=O)C1(C(CC(C)C)C(=O)NC2N=C(c3ccccc3)c3ccccc3N(C)C2=O)CCC1. The summed E-state index contributed by atoms with van der Waals surface area (Å²) in [6.07, 6.45) is 1.51. The molecular formula is C29H35N3O4. The van der Waals surface area contributed by atoms with E-state index in [2.05, 4.69) is 5.32 Å². The van der Waals surface area contributed by atoms with E-state index in [1.165, 1.54) is 0 Å². The van der Waals surface area contributed by atoms with Crippen LogP contribution in [-0.4, -0.2) is 43.3 Å². The zero-order chi connectivity index (χ0) is 25.9. The van der Waals surface area contributed by atoms with Crippen LogP contribution < -0.4 is 10.2 Å². The zero-order valence-electron chi connectivity index (χ0n) is 21.5. The van der Waals surface area contributed by atoms with Crippen LogP contribution in [0, 0.1) is 17.3 Å². The molecule has 2 amide bonds. The first-order valence-corrected chi connectivity index (χ1v) is 12.8. The number of nitrogens with one attached hydrogen (secondary N) is 1. The third kappa shape index (κ3) is 4.79. The summed E-state index contributed by atoms with van der Waals surface area (Å²) < 4.78 is 5.41. The zero-order valence-corrected chi connectivity index (χ0v) is 21.5. The van der Waals surface area contributed by atoms with Crippen molar-refractivity contribution in [2.24, 2.45) is 22.2 Å². The van der Waals surface area contributed by atoms with Crippen LogP contribution in [0.15, 0.2) is 59.6 Å². The summed E-state index contributed by atoms with van der Waals surface area (Å²) in [4.78, 5) is 46.7. The molecule has 4 rings (SSSR count). The molecule has 0 radical (unpaired) electrons. The number of hydrogen-bond donors (Lipinski definition) is 1. The van der Waals surface area contributed by atoms with Gasteiger partial charge in [-0.05, 0) is 38.2 Å². The topological polar surface area (TPSA) is 88.1 Å². The monoisotopic (exact) mass is 489 g/mol. The molecule has 36 heavy (non-hydrogen) atoms. The van der Waals surface area contributed by atoms with Crippen LogP contribution in [0.25, 0.3) is 0 Å². The summed E-state index contributed by atoms with van der Waals surface area (Å²) in [5.41, 5.74) is 2.19. The molecule has 1 aliphatic heterocycles. The van der Waals surface area contributed by atoms with Gasteiger partial charge in [-0.25, -0.2) is 4.99 Å². The number of amides is 2. The molecule has 1 N–H and O–H groups in total. The largest absolute Gasteiger partial charge is 0.466 e. The average Bonchev–Trinajstić information content (AvgIpc) is 2.94. The first-order chi connectivity index (χ1) is 17.3. The second-order valence-electron chi connectivity index (χ2n) is 10.1. The maximum atomic E-state index is 13.8. The highest BCUT2D eigenvalue weighted by Crippen LogP contribution is 2.50. The van der Waals surface area contributed by atoms with E-state index in [1.807, 2.05) is 68.4 Å². The molecule has 7 heteroatoms. The molecular weight excluding hydrogens is 454 g/mol. The molecule has 1 aliphatic carbocycles. The Morgan fingerprint density at radius 1 is 1.11 bits per heavy atom. The molecule has 1 saturated carbocycles. The van der Waals surface area contributed by atoms with E-state index in [0.29, 0.717) is 25.0 Å². The van der Waals surface area contributed by atoms with Gasteiger partial charge < -0.3 is 15.0 Å². The van der Waals surface area contributed by atoms with Gasteiger partial charge in [0.15, 0.2) is 0 Å². The molecule has 2 aromatic carbocycles. The predicted octanol–water partition coefficient (Wildman–Crippen LogP) is 4.34. The van der Waals surface area contributed by atoms with Gasteiger partial charge in [0.1, 0.15) is 0 Å². The number of rotatable bonds is 8. The summed E-state index contributed by atoms with van der Waals surface area (Å²) in [6.45, 7) is 6.11. The molecule has 2 aliphatic rings. The van der Waals surface area contributed by atoms with E-state index in [0.717, 1.165) is 23.2 Å². The van der Waals surface area contributed by atoms with E-state index >= 15 is 0 Å². The number of hydrogen-bond acceptors (Lipinski definition) is 5. The predicted molar refractivity (Wildman–Crippen MR) is 140 cm³/mol. The van der Waals surface area contributed by atoms with Crippen molar-refractivity contribution < 1.29 is 19.1 Å². The van der Waals surface area contributed by atoms with E-state index < -0.39 is 17.5 Å². The number of benzene rings is 2. The standard InChI is InChI=1S/C29H35N3O4/c1-5-36-28(35)29(16-11-17-29)22(18-19(2)3)26(33)31-25-27(34)32(4)23-15-10-9-14-21(23)24(30-25)20-12-7-6-8-13-20/h6-10,12-15,19,22,25H,5,11,16-18H2,1-4H3,(H,31,33). The number of benzodiazepines with no additional fused rings is 1. The normalized spacial score (nSPS) is 19.5. The van der Waals surface area contributed by atoms with Gasteiger partial charge >= 0.3 is 5.97 Å². The van der Waals surface area contributed by atoms with Crippen molar-refractivity contribution in [2.45, 2.75) is 52.6 Å². The molecule has 1 fully saturated rings. The molecule has 2 aromatic rings. The van der Waals surface area contributed by atoms with Gasteiger partial charge in [0.2, 0.25) is 12.1 Å². The lowest BCUT2D eigenvalue weighted by atomic mass is 9.59. The fraction of sp³-hybridized carbons (Fsp3) is 0.448. The molecule has 0 spiro atoms. The number of esters is 1. The molecule has 2 unspecified atom stereocenters. The number of likely N-dealkylation sites (N-methyl/N-ethyl adjacent to an activating group) is 1. The lowest BCUT2D eigenvalue weighted by Gasteiger charge is -2.45. The van der Waals surface area contributed by atoms with Gasteiger partial charge in [-0.15, -0.1) is 0 Å². The van der Waals surface area contributed by atoms with E-state index in [-0.39, 0.29) is 30.3 Å². The van der Waals surface area contributed by atoms with Crippen molar-refractivity contribution in [3.63, 3.8) is 0 Å². The van der Waals surface area contributed by atoms with Crippen molar-refractivity contribution in [1.82, 2.24) is 5.32 Å². The van der Waals surface area contributed by atoms with Gasteiger partial charge in [0.25, 0.3) is 5.91 Å². The van der Waals surface area contributed by atoms with Crippen molar-refractivity contribution in [2.75, 3.05) is 18.6 Å². The Kier molecular flexibility index (Phi) is 7.57. The Morgan fingerprint density at radius 2 is 1.78 bits per heavy atom. The fourth-order valence-electron chi connectivity index (χ4n) is 5.26. The second-order valence-corrected chi connectivity index (χ2v) is 10.1.